The number of nitrogens with zero attached hydrogens (tertiary/aromatic N) is 2. The van der Waals surface area contributed by atoms with E-state index < -0.39 is 20.0 Å². The minimum Gasteiger partial charge on any atom is -0.398 e. The Bertz CT molecular complexity index is 1600. The number of nitrogen functional groups attached to an aromatic ring is 2. The van der Waals surface area contributed by atoms with Crippen molar-refractivity contribution in [1.82, 2.24) is 8.61 Å². The summed E-state index contributed by atoms with van der Waals surface area (Å²) in [6, 6.07) is 20.4. The molecular formula is C29H38N6O4S2. The van der Waals surface area contributed by atoms with E-state index in [9.17, 15) is 16.8 Å². The van der Waals surface area contributed by atoms with E-state index in [1.54, 1.807) is 48.5 Å². The van der Waals surface area contributed by atoms with Crippen molar-refractivity contribution in [2.24, 2.45) is 11.5 Å². The van der Waals surface area contributed by atoms with Crippen molar-refractivity contribution in [2.75, 3.05) is 50.7 Å². The molecule has 0 bridgehead atoms. The van der Waals surface area contributed by atoms with E-state index in [1.165, 1.54) is 20.7 Å². The van der Waals surface area contributed by atoms with Gasteiger partial charge in [0.2, 0.25) is 20.0 Å². The molecule has 0 aliphatic heterocycles. The molecule has 220 valence electrons. The van der Waals surface area contributed by atoms with Gasteiger partial charge in [-0.15, -0.1) is 0 Å². The SMILES string of the molecule is NCCCN(CCCN(CCCN)S(=O)(=O)c1ccc(N)c2ccccc12)S(=O)(=O)c1ccc(N)c2ccccc12. The molecule has 10 nitrogen and oxygen atoms in total. The molecule has 0 aromatic heterocycles. The maximum Gasteiger partial charge on any atom is 0.243 e. The standard InChI is InChI=1S/C29H38N6O4S2/c30-16-5-18-34(40(36,37)28-14-12-26(32)22-8-1-3-10-24(22)28)20-7-21-35(19-6-17-31)41(38,39)29-15-13-27(33)23-9-2-4-11-25(23)29/h1-4,8-15H,5-7,16-21,30-33H2. The normalized spacial score (nSPS) is 12.6. The van der Waals surface area contributed by atoms with Gasteiger partial charge in [-0.05, 0) is 56.6 Å². The Morgan fingerprint density at radius 1 is 0.488 bits per heavy atom. The second-order valence-electron chi connectivity index (χ2n) is 9.84. The van der Waals surface area contributed by atoms with Crippen LogP contribution in [0.15, 0.2) is 82.6 Å². The Morgan fingerprint density at radius 3 is 1.20 bits per heavy atom. The van der Waals surface area contributed by atoms with E-state index in [-0.39, 0.29) is 42.4 Å². The van der Waals surface area contributed by atoms with Crippen molar-refractivity contribution in [3.63, 3.8) is 0 Å². The largest absolute Gasteiger partial charge is 0.398 e. The molecule has 8 N–H and O–H groups in total. The Hall–Kier alpha value is -3.26. The van der Waals surface area contributed by atoms with Gasteiger partial charge in [-0.3, -0.25) is 0 Å². The van der Waals surface area contributed by atoms with Crippen LogP contribution >= 0.6 is 0 Å². The van der Waals surface area contributed by atoms with Gasteiger partial charge in [0.05, 0.1) is 9.79 Å². The fourth-order valence-electron chi connectivity index (χ4n) is 4.98. The third kappa shape index (κ3) is 6.48. The Kier molecular flexibility index (Phi) is 9.84. The summed E-state index contributed by atoms with van der Waals surface area (Å²) in [6.45, 7) is 1.26. The molecule has 0 atom stereocenters. The molecule has 0 saturated heterocycles. The predicted molar refractivity (Wildman–Crippen MR) is 166 cm³/mol. The van der Waals surface area contributed by atoms with Gasteiger partial charge in [-0.1, -0.05) is 48.5 Å². The predicted octanol–water partition coefficient (Wildman–Crippen LogP) is 2.93. The average Bonchev–Trinajstić information content (AvgIpc) is 2.96. The van der Waals surface area contributed by atoms with Crippen molar-refractivity contribution in [3.05, 3.63) is 72.8 Å². The first-order chi connectivity index (χ1) is 19.6. The molecule has 4 rings (SSSR count). The van der Waals surface area contributed by atoms with Gasteiger partial charge in [0.1, 0.15) is 0 Å². The summed E-state index contributed by atoms with van der Waals surface area (Å²) >= 11 is 0. The molecule has 4 aromatic carbocycles. The van der Waals surface area contributed by atoms with Crippen molar-refractivity contribution in [2.45, 2.75) is 29.1 Å². The molecular weight excluding hydrogens is 560 g/mol. The minimum absolute atomic E-state index is 0.109. The smallest absolute Gasteiger partial charge is 0.243 e. The maximum absolute atomic E-state index is 13.9. The number of hydrogen-bond donors (Lipinski definition) is 4. The first-order valence-corrected chi connectivity index (χ1v) is 16.5. The maximum atomic E-state index is 13.9. The molecule has 0 aliphatic carbocycles. The van der Waals surface area contributed by atoms with Crippen LogP contribution in [0, 0.1) is 0 Å². The van der Waals surface area contributed by atoms with Crippen molar-refractivity contribution in [3.8, 4) is 0 Å². The highest BCUT2D eigenvalue weighted by molar-refractivity contribution is 7.89. The zero-order valence-electron chi connectivity index (χ0n) is 22.9. The summed E-state index contributed by atoms with van der Waals surface area (Å²) in [5.74, 6) is 0. The van der Waals surface area contributed by atoms with Crippen LogP contribution in [0.25, 0.3) is 21.5 Å². The lowest BCUT2D eigenvalue weighted by molar-refractivity contribution is 0.355. The molecule has 0 amide bonds. The number of anilines is 2. The summed E-state index contributed by atoms with van der Waals surface area (Å²) in [6.07, 6.45) is 1.19. The highest BCUT2D eigenvalue weighted by atomic mass is 32.2. The lowest BCUT2D eigenvalue weighted by atomic mass is 10.1. The summed E-state index contributed by atoms with van der Waals surface area (Å²) in [4.78, 5) is 0.306. The molecule has 4 aromatic rings. The highest BCUT2D eigenvalue weighted by Gasteiger charge is 2.29. The molecule has 0 aliphatic rings. The first kappa shape index (κ1) is 30.7. The third-order valence-electron chi connectivity index (χ3n) is 7.11. The lowest BCUT2D eigenvalue weighted by Gasteiger charge is -2.26. The van der Waals surface area contributed by atoms with Crippen LogP contribution in [0.2, 0.25) is 0 Å². The average molecular weight is 599 g/mol. The number of rotatable bonds is 14. The second kappa shape index (κ2) is 13.1. The van der Waals surface area contributed by atoms with E-state index in [0.29, 0.717) is 58.9 Å². The lowest BCUT2D eigenvalue weighted by Crippen LogP contribution is -2.38. The van der Waals surface area contributed by atoms with Crippen LogP contribution in [-0.2, 0) is 20.0 Å². The van der Waals surface area contributed by atoms with Crippen LogP contribution in [0.5, 0.6) is 0 Å². The van der Waals surface area contributed by atoms with Crippen LogP contribution < -0.4 is 22.9 Å². The zero-order valence-corrected chi connectivity index (χ0v) is 24.6. The summed E-state index contributed by atoms with van der Waals surface area (Å²) < 4.78 is 58.3. The van der Waals surface area contributed by atoms with E-state index in [1.807, 2.05) is 12.1 Å². The third-order valence-corrected chi connectivity index (χ3v) is 11.0. The van der Waals surface area contributed by atoms with Gasteiger partial charge in [-0.2, -0.15) is 8.61 Å². The number of sulfonamides is 2. The molecule has 0 saturated carbocycles. The van der Waals surface area contributed by atoms with Crippen LogP contribution in [0.4, 0.5) is 11.4 Å². The van der Waals surface area contributed by atoms with Gasteiger partial charge < -0.3 is 22.9 Å². The minimum atomic E-state index is -3.93. The van der Waals surface area contributed by atoms with Crippen LogP contribution in [0.1, 0.15) is 19.3 Å². The highest BCUT2D eigenvalue weighted by Crippen LogP contribution is 2.31. The molecule has 0 heterocycles. The molecule has 0 fully saturated rings. The molecule has 41 heavy (non-hydrogen) atoms. The Labute approximate surface area is 242 Å². The zero-order chi connectivity index (χ0) is 29.6. The number of nitrogens with two attached hydrogens (primary N) is 4. The van der Waals surface area contributed by atoms with E-state index >= 15 is 0 Å². The van der Waals surface area contributed by atoms with E-state index in [2.05, 4.69) is 0 Å². The van der Waals surface area contributed by atoms with Gasteiger partial charge in [0.15, 0.2) is 0 Å². The summed E-state index contributed by atoms with van der Waals surface area (Å²) in [7, 11) is -7.86. The molecule has 0 spiro atoms. The fourth-order valence-corrected chi connectivity index (χ4v) is 8.41. The van der Waals surface area contributed by atoms with Crippen molar-refractivity contribution in [1.29, 1.82) is 0 Å². The fraction of sp³-hybridized carbons (Fsp3) is 0.310. The molecule has 0 radical (unpaired) electrons. The van der Waals surface area contributed by atoms with Crippen LogP contribution in [-0.4, -0.2) is 64.7 Å². The quantitative estimate of drug-likeness (QED) is 0.160. The topological polar surface area (TPSA) is 179 Å². The molecule has 12 heteroatoms. The number of fused-ring (bicyclic) bond motifs is 2. The first-order valence-electron chi connectivity index (χ1n) is 13.6. The summed E-state index contributed by atoms with van der Waals surface area (Å²) in [5.41, 5.74) is 24.7. The van der Waals surface area contributed by atoms with Gasteiger partial charge in [-0.25, -0.2) is 16.8 Å². The van der Waals surface area contributed by atoms with E-state index in [4.69, 9.17) is 22.9 Å². The number of hydrogen-bond acceptors (Lipinski definition) is 8. The molecule has 0 unspecified atom stereocenters. The van der Waals surface area contributed by atoms with Gasteiger partial charge in [0, 0.05) is 59.1 Å². The van der Waals surface area contributed by atoms with E-state index in [0.717, 1.165) is 0 Å². The monoisotopic (exact) mass is 598 g/mol. The Morgan fingerprint density at radius 2 is 0.829 bits per heavy atom. The van der Waals surface area contributed by atoms with Crippen molar-refractivity contribution < 1.29 is 16.8 Å². The van der Waals surface area contributed by atoms with Crippen LogP contribution in [0.3, 0.4) is 0 Å². The van der Waals surface area contributed by atoms with Crippen molar-refractivity contribution >= 4 is 53.0 Å². The second-order valence-corrected chi connectivity index (χ2v) is 13.7. The van der Waals surface area contributed by atoms with Gasteiger partial charge in [0.25, 0.3) is 0 Å². The number of benzene rings is 4. The van der Waals surface area contributed by atoms with Gasteiger partial charge >= 0.3 is 0 Å². The Balaban J connectivity index is 1.62. The summed E-state index contributed by atoms with van der Waals surface area (Å²) in [5, 5.41) is 2.38.